The summed E-state index contributed by atoms with van der Waals surface area (Å²) in [6.45, 7) is 0. The van der Waals surface area contributed by atoms with E-state index in [2.05, 4.69) is 51.9 Å². The number of rotatable bonds is 7. The van der Waals surface area contributed by atoms with Crippen molar-refractivity contribution in [2.45, 2.75) is 17.2 Å². The van der Waals surface area contributed by atoms with E-state index >= 15 is 0 Å². The average molecular weight is 545 g/mol. The van der Waals surface area contributed by atoms with Crippen molar-refractivity contribution in [2.24, 2.45) is 5.92 Å². The van der Waals surface area contributed by atoms with Crippen LogP contribution in [0.5, 0.6) is 11.8 Å². The fraction of sp³-hybridized carbons (Fsp3) is 0.250. The molecule has 0 aliphatic heterocycles. The summed E-state index contributed by atoms with van der Waals surface area (Å²) in [5.74, 6) is -0.212. The molecule has 14 heteroatoms. The Morgan fingerprint density at radius 3 is 2.47 bits per heavy atom. The summed E-state index contributed by atoms with van der Waals surface area (Å²) >= 11 is 3.46. The van der Waals surface area contributed by atoms with Crippen molar-refractivity contribution >= 4 is 42.8 Å². The number of fused-ring (bicyclic) bond motifs is 1. The molecule has 4 aromatic rings. The Kier molecular flexibility index (Phi) is 5.37. The first-order valence-electron chi connectivity index (χ1n) is 9.96. The van der Waals surface area contributed by atoms with Gasteiger partial charge in [0.05, 0.1) is 49.7 Å². The molecule has 5 rings (SSSR count). The summed E-state index contributed by atoms with van der Waals surface area (Å²) in [6.07, 6.45) is 5.05. The lowest BCUT2D eigenvalue weighted by Crippen LogP contribution is -2.16. The molecule has 2 atom stereocenters. The number of aromatic nitrogens is 6. The smallest absolute Gasteiger partial charge is 0.266 e. The number of nitrogens with zero attached hydrogens (tertiary/aromatic N) is 6. The van der Waals surface area contributed by atoms with Crippen LogP contribution >= 0.6 is 15.9 Å². The van der Waals surface area contributed by atoms with E-state index in [1.165, 1.54) is 37.6 Å². The Labute approximate surface area is 202 Å². The highest BCUT2D eigenvalue weighted by Gasteiger charge is 2.44. The van der Waals surface area contributed by atoms with Crippen LogP contribution in [-0.4, -0.2) is 52.6 Å². The lowest BCUT2D eigenvalue weighted by atomic mass is 10.1. The van der Waals surface area contributed by atoms with E-state index in [1.54, 1.807) is 12.1 Å². The molecule has 0 bridgehead atoms. The van der Waals surface area contributed by atoms with E-state index in [0.717, 1.165) is 0 Å². The molecule has 12 nitrogen and oxygen atoms in total. The van der Waals surface area contributed by atoms with Gasteiger partial charge in [-0.3, -0.25) is 0 Å². The number of methoxy groups -OCH3 is 2. The van der Waals surface area contributed by atoms with Gasteiger partial charge in [-0.25, -0.2) is 13.1 Å². The van der Waals surface area contributed by atoms with Crippen LogP contribution < -0.4 is 14.2 Å². The number of ether oxygens (including phenoxy) is 2. The summed E-state index contributed by atoms with van der Waals surface area (Å²) in [4.78, 5) is 12.8. The Morgan fingerprint density at radius 2 is 1.88 bits per heavy atom. The molecule has 34 heavy (non-hydrogen) atoms. The number of anilines is 1. The molecule has 1 saturated carbocycles. The number of nitriles is 1. The second-order valence-corrected chi connectivity index (χ2v) is 9.96. The molecule has 3 heterocycles. The molecule has 1 aliphatic carbocycles. The second-order valence-electron chi connectivity index (χ2n) is 7.45. The lowest BCUT2D eigenvalue weighted by Gasteiger charge is -2.13. The molecule has 0 amide bonds. The number of aromatic amines is 1. The third kappa shape index (κ3) is 3.62. The summed E-state index contributed by atoms with van der Waals surface area (Å²) in [7, 11) is -1.29. The van der Waals surface area contributed by atoms with E-state index in [1.807, 2.05) is 0 Å². The van der Waals surface area contributed by atoms with Crippen molar-refractivity contribution in [1.29, 1.82) is 5.26 Å². The third-order valence-electron chi connectivity index (χ3n) is 5.47. The highest BCUT2D eigenvalue weighted by atomic mass is 79.9. The van der Waals surface area contributed by atoms with Crippen LogP contribution in [0.2, 0.25) is 0 Å². The summed E-state index contributed by atoms with van der Waals surface area (Å²) < 4.78 is 40.4. The zero-order chi connectivity index (χ0) is 24.0. The van der Waals surface area contributed by atoms with Crippen LogP contribution in [0.1, 0.15) is 17.9 Å². The Bertz CT molecular complexity index is 1520. The average Bonchev–Trinajstić information content (AvgIpc) is 3.18. The van der Waals surface area contributed by atoms with E-state index in [0.29, 0.717) is 33.0 Å². The number of benzene rings is 1. The monoisotopic (exact) mass is 544 g/mol. The van der Waals surface area contributed by atoms with Crippen LogP contribution in [0.15, 0.2) is 40.1 Å². The molecule has 3 aromatic heterocycles. The topological polar surface area (TPSA) is 161 Å². The van der Waals surface area contributed by atoms with Gasteiger partial charge in [-0.1, -0.05) is 6.07 Å². The van der Waals surface area contributed by atoms with Gasteiger partial charge in [0, 0.05) is 22.0 Å². The van der Waals surface area contributed by atoms with Gasteiger partial charge < -0.3 is 14.5 Å². The Balaban J connectivity index is 1.55. The fourth-order valence-electron chi connectivity index (χ4n) is 3.82. The minimum absolute atomic E-state index is 0.0132. The molecule has 2 N–H and O–H groups in total. The maximum atomic E-state index is 13.3. The standard InChI is InChI=1S/C20H17BrN8O4S/c1-32-18-15(12-7-10(12)8-22)19(33-2)27-20(26-18)28-34(30,31)14-9-23-16-11(14)3-4-13(21)17(16)29-24-5-6-25-29/h3-6,9-10,12,23H,7H2,1-2H3,(H,26,27,28). The summed E-state index contributed by atoms with van der Waals surface area (Å²) in [5.41, 5.74) is 1.63. The van der Waals surface area contributed by atoms with Gasteiger partial charge in [-0.15, -0.1) is 4.80 Å². The lowest BCUT2D eigenvalue weighted by molar-refractivity contribution is 0.363. The first-order valence-corrected chi connectivity index (χ1v) is 12.2. The van der Waals surface area contributed by atoms with Crippen molar-refractivity contribution in [3.63, 3.8) is 0 Å². The van der Waals surface area contributed by atoms with Crippen LogP contribution in [0.4, 0.5) is 5.95 Å². The van der Waals surface area contributed by atoms with E-state index < -0.39 is 10.0 Å². The zero-order valence-electron chi connectivity index (χ0n) is 17.9. The Morgan fingerprint density at radius 1 is 1.21 bits per heavy atom. The number of halogens is 1. The van der Waals surface area contributed by atoms with Crippen molar-refractivity contribution in [3.05, 3.63) is 40.8 Å². The van der Waals surface area contributed by atoms with Crippen LogP contribution in [0.3, 0.4) is 0 Å². The number of sulfonamides is 1. The SMILES string of the molecule is COc1nc(NS(=O)(=O)c2c[nH]c3c(-n4nccn4)c(Br)ccc23)nc(OC)c1C1CC1C#N. The maximum Gasteiger partial charge on any atom is 0.266 e. The number of H-pyrrole nitrogens is 1. The zero-order valence-corrected chi connectivity index (χ0v) is 20.3. The normalized spacial score (nSPS) is 17.4. The van der Waals surface area contributed by atoms with Gasteiger partial charge in [-0.2, -0.15) is 25.4 Å². The van der Waals surface area contributed by atoms with Crippen molar-refractivity contribution < 1.29 is 17.9 Å². The van der Waals surface area contributed by atoms with Gasteiger partial charge in [0.1, 0.15) is 10.6 Å². The van der Waals surface area contributed by atoms with Crippen molar-refractivity contribution in [3.8, 4) is 23.5 Å². The number of hydrogen-bond acceptors (Lipinski definition) is 9. The molecule has 174 valence electrons. The van der Waals surface area contributed by atoms with E-state index in [-0.39, 0.29) is 34.4 Å². The van der Waals surface area contributed by atoms with Gasteiger partial charge in [0.25, 0.3) is 10.0 Å². The van der Waals surface area contributed by atoms with Gasteiger partial charge >= 0.3 is 0 Å². The fourth-order valence-corrected chi connectivity index (χ4v) is 5.42. The first-order chi connectivity index (χ1) is 16.4. The third-order valence-corrected chi connectivity index (χ3v) is 7.47. The molecule has 1 fully saturated rings. The largest absolute Gasteiger partial charge is 0.481 e. The van der Waals surface area contributed by atoms with E-state index in [4.69, 9.17) is 9.47 Å². The first kappa shape index (κ1) is 22.1. The quantitative estimate of drug-likeness (QED) is 0.356. The number of hydrogen-bond donors (Lipinski definition) is 2. The van der Waals surface area contributed by atoms with Gasteiger partial charge in [0.15, 0.2) is 0 Å². The van der Waals surface area contributed by atoms with E-state index in [9.17, 15) is 13.7 Å². The Hall–Kier alpha value is -3.70. The molecular weight excluding hydrogens is 528 g/mol. The minimum Gasteiger partial charge on any atom is -0.481 e. The summed E-state index contributed by atoms with van der Waals surface area (Å²) in [5, 5.41) is 17.9. The number of nitrogens with one attached hydrogen (secondary N) is 2. The highest BCUT2D eigenvalue weighted by Crippen LogP contribution is 2.52. The predicted molar refractivity (Wildman–Crippen MR) is 123 cm³/mol. The highest BCUT2D eigenvalue weighted by molar-refractivity contribution is 9.10. The molecular formula is C20H17BrN8O4S. The second kappa shape index (κ2) is 8.26. The van der Waals surface area contributed by atoms with Crippen LogP contribution in [-0.2, 0) is 10.0 Å². The molecule has 1 aromatic carbocycles. The van der Waals surface area contributed by atoms with Gasteiger partial charge in [0.2, 0.25) is 17.7 Å². The molecule has 2 unspecified atom stereocenters. The minimum atomic E-state index is -4.11. The predicted octanol–water partition coefficient (Wildman–Crippen LogP) is 2.75. The maximum absolute atomic E-state index is 13.3. The van der Waals surface area contributed by atoms with Crippen molar-refractivity contribution in [1.82, 2.24) is 29.9 Å². The molecule has 1 aliphatic rings. The van der Waals surface area contributed by atoms with Crippen LogP contribution in [0, 0.1) is 17.2 Å². The molecule has 0 radical (unpaired) electrons. The van der Waals surface area contributed by atoms with Crippen molar-refractivity contribution in [2.75, 3.05) is 18.9 Å². The van der Waals surface area contributed by atoms with Crippen LogP contribution in [0.25, 0.3) is 16.6 Å². The van der Waals surface area contributed by atoms with Gasteiger partial charge in [-0.05, 0) is 28.4 Å². The molecule has 0 saturated heterocycles. The molecule has 0 spiro atoms. The summed E-state index contributed by atoms with van der Waals surface area (Å²) in [6, 6.07) is 5.58.